The summed E-state index contributed by atoms with van der Waals surface area (Å²) in [6.45, 7) is 5.79. The van der Waals surface area contributed by atoms with Gasteiger partial charge in [-0.15, -0.1) is 11.3 Å². The fourth-order valence-corrected chi connectivity index (χ4v) is 3.15. The molecule has 0 aliphatic heterocycles. The molecule has 0 saturated carbocycles. The molecular weight excluding hydrogens is 374 g/mol. The Bertz CT molecular complexity index is 669. The van der Waals surface area contributed by atoms with E-state index in [2.05, 4.69) is 20.9 Å². The van der Waals surface area contributed by atoms with Crippen molar-refractivity contribution in [2.75, 3.05) is 6.61 Å². The van der Waals surface area contributed by atoms with Gasteiger partial charge in [0.25, 0.3) is 0 Å². The van der Waals surface area contributed by atoms with Crippen molar-refractivity contribution in [3.63, 3.8) is 0 Å². The minimum atomic E-state index is -0.760. The number of esters is 1. The lowest BCUT2D eigenvalue weighted by Gasteiger charge is -2.19. The number of hydrogen-bond donors (Lipinski definition) is 0. The van der Waals surface area contributed by atoms with Crippen molar-refractivity contribution in [2.24, 2.45) is 0 Å². The van der Waals surface area contributed by atoms with Crippen LogP contribution in [0.1, 0.15) is 26.5 Å². The number of rotatable bonds is 4. The summed E-state index contributed by atoms with van der Waals surface area (Å²) in [5.74, 6) is -0.268. The van der Waals surface area contributed by atoms with Crippen LogP contribution in [0.15, 0.2) is 28.1 Å². The highest BCUT2D eigenvalue weighted by Gasteiger charge is 2.34. The SMILES string of the molecule is CCOC(=O)C(C)(C)c1csc(-c2ccc(Br)c(Cl)c2)n1. The minimum Gasteiger partial charge on any atom is -0.465 e. The maximum absolute atomic E-state index is 12.0. The minimum absolute atomic E-state index is 0.268. The van der Waals surface area contributed by atoms with Gasteiger partial charge in [0, 0.05) is 15.4 Å². The number of ether oxygens (including phenoxy) is 1. The highest BCUT2D eigenvalue weighted by atomic mass is 79.9. The van der Waals surface area contributed by atoms with Gasteiger partial charge in [-0.25, -0.2) is 4.98 Å². The van der Waals surface area contributed by atoms with Crippen molar-refractivity contribution in [3.8, 4) is 10.6 Å². The molecule has 0 fully saturated rings. The zero-order valence-corrected chi connectivity index (χ0v) is 15.1. The second-order valence-corrected chi connectivity index (χ2v) is 7.13. The topological polar surface area (TPSA) is 39.2 Å². The quantitative estimate of drug-likeness (QED) is 0.687. The molecule has 0 saturated heterocycles. The number of hydrogen-bond acceptors (Lipinski definition) is 4. The maximum Gasteiger partial charge on any atom is 0.317 e. The predicted octanol–water partition coefficient (Wildman–Crippen LogP) is 5.07. The molecule has 1 aromatic heterocycles. The Balaban J connectivity index is 2.33. The number of carbonyl (C=O) groups excluding carboxylic acids is 1. The number of halogens is 2. The lowest BCUT2D eigenvalue weighted by Crippen LogP contribution is -2.31. The summed E-state index contributed by atoms with van der Waals surface area (Å²) in [4.78, 5) is 16.6. The Morgan fingerprint density at radius 3 is 2.81 bits per heavy atom. The number of nitrogens with zero attached hydrogens (tertiary/aromatic N) is 1. The van der Waals surface area contributed by atoms with Crippen LogP contribution in [0, 0.1) is 0 Å². The Kier molecular flexibility index (Phi) is 5.07. The predicted molar refractivity (Wildman–Crippen MR) is 89.9 cm³/mol. The summed E-state index contributed by atoms with van der Waals surface area (Å²) in [6.07, 6.45) is 0. The van der Waals surface area contributed by atoms with Gasteiger partial charge in [0.05, 0.1) is 17.3 Å². The van der Waals surface area contributed by atoms with Crippen LogP contribution in [0.5, 0.6) is 0 Å². The highest BCUT2D eigenvalue weighted by Crippen LogP contribution is 2.33. The van der Waals surface area contributed by atoms with Crippen molar-refractivity contribution in [3.05, 3.63) is 38.8 Å². The molecule has 21 heavy (non-hydrogen) atoms. The van der Waals surface area contributed by atoms with E-state index >= 15 is 0 Å². The summed E-state index contributed by atoms with van der Waals surface area (Å²) in [5.41, 5.74) is 0.878. The number of aromatic nitrogens is 1. The van der Waals surface area contributed by atoms with Crippen LogP contribution >= 0.6 is 38.9 Å². The largest absolute Gasteiger partial charge is 0.465 e. The van der Waals surface area contributed by atoms with Crippen LogP contribution < -0.4 is 0 Å². The van der Waals surface area contributed by atoms with E-state index in [0.29, 0.717) is 17.3 Å². The molecule has 0 atom stereocenters. The maximum atomic E-state index is 12.0. The molecule has 6 heteroatoms. The fourth-order valence-electron chi connectivity index (χ4n) is 1.74. The van der Waals surface area contributed by atoms with Crippen molar-refractivity contribution < 1.29 is 9.53 Å². The van der Waals surface area contributed by atoms with Gasteiger partial charge < -0.3 is 4.74 Å². The van der Waals surface area contributed by atoms with Crippen LogP contribution in [0.3, 0.4) is 0 Å². The van der Waals surface area contributed by atoms with E-state index < -0.39 is 5.41 Å². The van der Waals surface area contributed by atoms with Gasteiger partial charge in [0.15, 0.2) is 0 Å². The third-order valence-corrected chi connectivity index (χ3v) is 5.22. The zero-order chi connectivity index (χ0) is 15.6. The van der Waals surface area contributed by atoms with Gasteiger partial charge in [-0.1, -0.05) is 17.7 Å². The molecule has 2 aromatic rings. The summed E-state index contributed by atoms with van der Waals surface area (Å²) in [5, 5.41) is 3.35. The number of thiazole rings is 1. The molecule has 0 N–H and O–H groups in total. The Hall–Kier alpha value is -0.910. The van der Waals surface area contributed by atoms with Crippen molar-refractivity contribution in [1.82, 2.24) is 4.98 Å². The molecule has 0 aliphatic rings. The third-order valence-electron chi connectivity index (χ3n) is 3.10. The van der Waals surface area contributed by atoms with Crippen LogP contribution in [0.2, 0.25) is 5.02 Å². The first kappa shape index (κ1) is 16.5. The van der Waals surface area contributed by atoms with Gasteiger partial charge in [0.1, 0.15) is 10.4 Å². The van der Waals surface area contributed by atoms with E-state index in [1.54, 1.807) is 6.92 Å². The molecule has 0 aliphatic carbocycles. The first-order chi connectivity index (χ1) is 9.86. The number of benzene rings is 1. The average Bonchev–Trinajstić information content (AvgIpc) is 2.92. The Morgan fingerprint density at radius 2 is 2.19 bits per heavy atom. The van der Waals surface area contributed by atoms with Gasteiger partial charge in [-0.2, -0.15) is 0 Å². The van der Waals surface area contributed by atoms with Crippen molar-refractivity contribution in [1.29, 1.82) is 0 Å². The highest BCUT2D eigenvalue weighted by molar-refractivity contribution is 9.10. The normalized spacial score (nSPS) is 11.5. The van der Waals surface area contributed by atoms with Gasteiger partial charge in [0.2, 0.25) is 0 Å². The number of carbonyl (C=O) groups is 1. The third kappa shape index (κ3) is 3.47. The Morgan fingerprint density at radius 1 is 1.48 bits per heavy atom. The molecular formula is C15H15BrClNO2S. The van der Waals surface area contributed by atoms with Crippen molar-refractivity contribution >= 4 is 44.8 Å². The van der Waals surface area contributed by atoms with Crippen LogP contribution in [0.4, 0.5) is 0 Å². The van der Waals surface area contributed by atoms with E-state index in [9.17, 15) is 4.79 Å². The summed E-state index contributed by atoms with van der Waals surface area (Å²) < 4.78 is 5.95. The zero-order valence-electron chi connectivity index (χ0n) is 11.9. The smallest absolute Gasteiger partial charge is 0.317 e. The summed E-state index contributed by atoms with van der Waals surface area (Å²) in [6, 6.07) is 5.68. The van der Waals surface area contributed by atoms with Gasteiger partial charge in [-0.3, -0.25) is 4.79 Å². The molecule has 0 radical (unpaired) electrons. The van der Waals surface area contributed by atoms with Crippen LogP contribution in [-0.2, 0) is 14.9 Å². The van der Waals surface area contributed by atoms with Gasteiger partial charge >= 0.3 is 5.97 Å². The van der Waals surface area contributed by atoms with E-state index in [1.165, 1.54) is 11.3 Å². The first-order valence-electron chi connectivity index (χ1n) is 6.45. The lowest BCUT2D eigenvalue weighted by atomic mass is 9.90. The van der Waals surface area contributed by atoms with E-state index in [4.69, 9.17) is 16.3 Å². The summed E-state index contributed by atoms with van der Waals surface area (Å²) >= 11 is 11.0. The first-order valence-corrected chi connectivity index (χ1v) is 8.50. The van der Waals surface area contributed by atoms with E-state index in [-0.39, 0.29) is 5.97 Å². The average molecular weight is 389 g/mol. The second-order valence-electron chi connectivity index (χ2n) is 5.01. The molecule has 2 rings (SSSR count). The van der Waals surface area contributed by atoms with E-state index in [0.717, 1.165) is 15.0 Å². The molecule has 0 spiro atoms. The molecule has 0 unspecified atom stereocenters. The molecule has 112 valence electrons. The van der Waals surface area contributed by atoms with Gasteiger partial charge in [-0.05, 0) is 48.8 Å². The summed E-state index contributed by atoms with van der Waals surface area (Å²) in [7, 11) is 0. The van der Waals surface area contributed by atoms with Crippen LogP contribution in [-0.4, -0.2) is 17.6 Å². The van der Waals surface area contributed by atoms with Crippen LogP contribution in [0.25, 0.3) is 10.6 Å². The molecule has 1 heterocycles. The second kappa shape index (κ2) is 6.46. The molecule has 1 aromatic carbocycles. The monoisotopic (exact) mass is 387 g/mol. The molecule has 3 nitrogen and oxygen atoms in total. The molecule has 0 amide bonds. The lowest BCUT2D eigenvalue weighted by molar-refractivity contribution is -0.148. The van der Waals surface area contributed by atoms with Crippen molar-refractivity contribution in [2.45, 2.75) is 26.2 Å². The molecule has 0 bridgehead atoms. The Labute approximate surface area is 141 Å². The van der Waals surface area contributed by atoms with E-state index in [1.807, 2.05) is 37.4 Å². The fraction of sp³-hybridized carbons (Fsp3) is 0.333. The standard InChI is InChI=1S/C15H15BrClNO2S/c1-4-20-14(19)15(2,3)12-8-21-13(18-12)9-5-6-10(16)11(17)7-9/h5-8H,4H2,1-3H3.